The van der Waals surface area contributed by atoms with Gasteiger partial charge in [0.2, 0.25) is 0 Å². The molecule has 0 aromatic rings. The molecule has 0 spiro atoms. The average molecular weight is 165 g/mol. The number of hydrogen-bond donors (Lipinski definition) is 1. The summed E-state index contributed by atoms with van der Waals surface area (Å²) in [5.41, 5.74) is 2.30. The smallest absolute Gasteiger partial charge is 0.0151 e. The van der Waals surface area contributed by atoms with E-state index in [1.165, 1.54) is 12.8 Å². The Morgan fingerprint density at radius 2 is 1.83 bits per heavy atom. The zero-order valence-corrected chi connectivity index (χ0v) is 8.62. The molecule has 3 atom stereocenters. The Morgan fingerprint density at radius 1 is 1.25 bits per heavy atom. The van der Waals surface area contributed by atoms with Crippen molar-refractivity contribution in [1.82, 2.24) is 0 Å². The predicted molar refractivity (Wildman–Crippen MR) is 51.6 cm³/mol. The lowest BCUT2D eigenvalue weighted by molar-refractivity contribution is 0.0598. The second kappa shape index (κ2) is 1.78. The van der Waals surface area contributed by atoms with Crippen LogP contribution in [0.4, 0.5) is 0 Å². The largest absolute Gasteiger partial charge is 0.309 e. The van der Waals surface area contributed by atoms with Crippen LogP contribution in [0.15, 0.2) is 0 Å². The first-order valence-electron chi connectivity index (χ1n) is 4.97. The molecule has 2 aliphatic rings. The van der Waals surface area contributed by atoms with Gasteiger partial charge in [0.1, 0.15) is 0 Å². The molecule has 1 N–H and O–H groups in total. The molecule has 0 amide bonds. The van der Waals surface area contributed by atoms with E-state index in [4.69, 9.17) is 5.41 Å². The molecular formula is C11H19N. The minimum atomic E-state index is 0.247. The zero-order chi connectivity index (χ0) is 9.20. The fraction of sp³-hybridized carbons (Fsp3) is 0.909. The third-order valence-electron chi connectivity index (χ3n) is 4.93. The average Bonchev–Trinajstić information content (AvgIpc) is 2.46. The summed E-state index contributed by atoms with van der Waals surface area (Å²) in [6.45, 7) is 9.13. The lowest BCUT2D eigenvalue weighted by atomic mass is 9.53. The van der Waals surface area contributed by atoms with Crippen LogP contribution in [0.3, 0.4) is 0 Å². The molecule has 12 heavy (non-hydrogen) atoms. The van der Waals surface area contributed by atoms with Gasteiger partial charge in [0, 0.05) is 11.1 Å². The Labute approximate surface area is 75.1 Å². The van der Waals surface area contributed by atoms with E-state index < -0.39 is 0 Å². The maximum Gasteiger partial charge on any atom is 0.0151 e. The van der Waals surface area contributed by atoms with Crippen molar-refractivity contribution in [3.8, 4) is 0 Å². The molecule has 0 saturated heterocycles. The number of rotatable bonds is 2. The molecule has 0 aromatic carbocycles. The van der Waals surface area contributed by atoms with E-state index in [9.17, 15) is 0 Å². The highest BCUT2D eigenvalue weighted by Crippen LogP contribution is 2.85. The van der Waals surface area contributed by atoms with Gasteiger partial charge in [-0.2, -0.15) is 0 Å². The van der Waals surface area contributed by atoms with Crippen molar-refractivity contribution in [2.45, 2.75) is 47.0 Å². The first-order valence-corrected chi connectivity index (χ1v) is 4.97. The fourth-order valence-corrected chi connectivity index (χ4v) is 3.55. The summed E-state index contributed by atoms with van der Waals surface area (Å²) < 4.78 is 0. The van der Waals surface area contributed by atoms with E-state index in [0.29, 0.717) is 10.8 Å². The molecule has 0 aromatic heterocycles. The van der Waals surface area contributed by atoms with Gasteiger partial charge < -0.3 is 5.41 Å². The summed E-state index contributed by atoms with van der Waals surface area (Å²) in [6, 6.07) is 0. The SMILES string of the molecule is CCC(=N)C1(C)CC2(C)CC21C. The van der Waals surface area contributed by atoms with Crippen molar-refractivity contribution in [3.05, 3.63) is 0 Å². The van der Waals surface area contributed by atoms with Gasteiger partial charge >= 0.3 is 0 Å². The summed E-state index contributed by atoms with van der Waals surface area (Å²) in [7, 11) is 0. The van der Waals surface area contributed by atoms with Crippen LogP contribution in [-0.2, 0) is 0 Å². The molecule has 0 bridgehead atoms. The van der Waals surface area contributed by atoms with E-state index >= 15 is 0 Å². The highest BCUT2D eigenvalue weighted by molar-refractivity contribution is 5.90. The Morgan fingerprint density at radius 3 is 2.08 bits per heavy atom. The van der Waals surface area contributed by atoms with Crippen molar-refractivity contribution in [3.63, 3.8) is 0 Å². The van der Waals surface area contributed by atoms with E-state index in [2.05, 4.69) is 27.7 Å². The quantitative estimate of drug-likeness (QED) is 0.607. The minimum Gasteiger partial charge on any atom is -0.309 e. The van der Waals surface area contributed by atoms with Crippen LogP contribution in [-0.4, -0.2) is 5.71 Å². The number of hydrogen-bond acceptors (Lipinski definition) is 1. The van der Waals surface area contributed by atoms with Crippen LogP contribution in [0.5, 0.6) is 0 Å². The van der Waals surface area contributed by atoms with E-state index in [1.54, 1.807) is 0 Å². The van der Waals surface area contributed by atoms with Crippen LogP contribution in [0.25, 0.3) is 0 Å². The summed E-state index contributed by atoms with van der Waals surface area (Å²) in [5, 5.41) is 7.96. The van der Waals surface area contributed by atoms with E-state index in [0.717, 1.165) is 12.1 Å². The van der Waals surface area contributed by atoms with Crippen molar-refractivity contribution >= 4 is 5.71 Å². The van der Waals surface area contributed by atoms with Crippen molar-refractivity contribution in [1.29, 1.82) is 5.41 Å². The van der Waals surface area contributed by atoms with E-state index in [-0.39, 0.29) is 5.41 Å². The Hall–Kier alpha value is -0.330. The molecule has 1 heteroatoms. The molecule has 1 nitrogen and oxygen atoms in total. The molecule has 0 radical (unpaired) electrons. The van der Waals surface area contributed by atoms with Gasteiger partial charge in [-0.3, -0.25) is 0 Å². The zero-order valence-electron chi connectivity index (χ0n) is 8.62. The van der Waals surface area contributed by atoms with Crippen LogP contribution < -0.4 is 0 Å². The van der Waals surface area contributed by atoms with Gasteiger partial charge in [-0.25, -0.2) is 0 Å². The lowest BCUT2D eigenvalue weighted by Gasteiger charge is -2.50. The van der Waals surface area contributed by atoms with Crippen molar-refractivity contribution < 1.29 is 0 Å². The van der Waals surface area contributed by atoms with E-state index in [1.807, 2.05) is 0 Å². The topological polar surface area (TPSA) is 23.9 Å². The summed E-state index contributed by atoms with van der Waals surface area (Å²) >= 11 is 0. The third-order valence-corrected chi connectivity index (χ3v) is 4.93. The van der Waals surface area contributed by atoms with Gasteiger partial charge in [-0.05, 0) is 30.1 Å². The van der Waals surface area contributed by atoms with Crippen LogP contribution >= 0.6 is 0 Å². The first kappa shape index (κ1) is 8.28. The van der Waals surface area contributed by atoms with Gasteiger partial charge in [-0.15, -0.1) is 0 Å². The van der Waals surface area contributed by atoms with Crippen molar-refractivity contribution in [2.75, 3.05) is 0 Å². The maximum absolute atomic E-state index is 7.96. The fourth-order valence-electron chi connectivity index (χ4n) is 3.55. The molecule has 68 valence electrons. The minimum absolute atomic E-state index is 0.247. The van der Waals surface area contributed by atoms with Gasteiger partial charge in [0.05, 0.1) is 0 Å². The normalized spacial score (nSPS) is 55.7. The highest BCUT2D eigenvalue weighted by atomic mass is 14.8. The molecular weight excluding hydrogens is 146 g/mol. The Bertz CT molecular complexity index is 258. The summed E-state index contributed by atoms with van der Waals surface area (Å²) in [4.78, 5) is 0. The number of nitrogens with one attached hydrogen (secondary N) is 1. The number of fused-ring (bicyclic) bond motifs is 1. The van der Waals surface area contributed by atoms with Crippen molar-refractivity contribution in [2.24, 2.45) is 16.2 Å². The van der Waals surface area contributed by atoms with Gasteiger partial charge in [0.15, 0.2) is 0 Å². The van der Waals surface area contributed by atoms with Crippen LogP contribution in [0.2, 0.25) is 0 Å². The molecule has 2 aliphatic carbocycles. The van der Waals surface area contributed by atoms with Gasteiger partial charge in [0.25, 0.3) is 0 Å². The summed E-state index contributed by atoms with van der Waals surface area (Å²) in [5.74, 6) is 0. The third kappa shape index (κ3) is 0.571. The Balaban J connectivity index is 2.23. The molecule has 2 fully saturated rings. The molecule has 2 rings (SSSR count). The lowest BCUT2D eigenvalue weighted by Crippen LogP contribution is -2.48. The predicted octanol–water partition coefficient (Wildman–Crippen LogP) is 3.24. The molecule has 2 saturated carbocycles. The second-order valence-corrected chi connectivity index (χ2v) is 5.41. The Kier molecular flexibility index (Phi) is 1.23. The highest BCUT2D eigenvalue weighted by Gasteiger charge is 2.79. The standard InChI is InChI=1S/C11H19N/c1-5-8(12)10(3)6-9(2)7-11(9,10)4/h12H,5-7H2,1-4H3. The molecule has 0 heterocycles. The summed E-state index contributed by atoms with van der Waals surface area (Å²) in [6.07, 6.45) is 3.53. The maximum atomic E-state index is 7.96. The first-order chi connectivity index (χ1) is 5.40. The second-order valence-electron chi connectivity index (χ2n) is 5.41. The molecule has 3 unspecified atom stereocenters. The van der Waals surface area contributed by atoms with Crippen LogP contribution in [0, 0.1) is 21.7 Å². The monoisotopic (exact) mass is 165 g/mol. The molecule has 0 aliphatic heterocycles. The van der Waals surface area contributed by atoms with Gasteiger partial charge in [-0.1, -0.05) is 27.7 Å². The van der Waals surface area contributed by atoms with Crippen LogP contribution in [0.1, 0.15) is 47.0 Å².